The molecule has 2 bridgehead atoms. The van der Waals surface area contributed by atoms with Gasteiger partial charge in [0.15, 0.2) is 0 Å². The van der Waals surface area contributed by atoms with Gasteiger partial charge < -0.3 is 19.7 Å². The lowest BCUT2D eigenvalue weighted by atomic mass is 9.92. The third-order valence-corrected chi connectivity index (χ3v) is 6.56. The predicted octanol–water partition coefficient (Wildman–Crippen LogP) is 4.66. The fourth-order valence-corrected chi connectivity index (χ4v) is 4.99. The first-order valence-corrected chi connectivity index (χ1v) is 11.5. The van der Waals surface area contributed by atoms with E-state index in [9.17, 15) is 8.78 Å². The number of benzene rings is 1. The Morgan fingerprint density at radius 3 is 2.41 bits per heavy atom. The van der Waals surface area contributed by atoms with Crippen LogP contribution >= 0.6 is 0 Å². The Morgan fingerprint density at radius 2 is 1.76 bits per heavy atom. The molecular weight excluding hydrogens is 442 g/mol. The van der Waals surface area contributed by atoms with Crippen molar-refractivity contribution < 1.29 is 18.3 Å². The van der Waals surface area contributed by atoms with Crippen molar-refractivity contribution in [2.24, 2.45) is 11.8 Å². The fraction of sp³-hybridized carbons (Fsp3) is 0.458. The second-order valence-corrected chi connectivity index (χ2v) is 9.19. The highest BCUT2D eigenvalue weighted by molar-refractivity contribution is 5.49. The van der Waals surface area contributed by atoms with E-state index in [1.807, 2.05) is 26.0 Å². The van der Waals surface area contributed by atoms with E-state index >= 15 is 0 Å². The van der Waals surface area contributed by atoms with Crippen molar-refractivity contribution in [3.8, 4) is 17.6 Å². The number of piperidine rings is 1. The van der Waals surface area contributed by atoms with Crippen LogP contribution in [0, 0.1) is 23.5 Å². The van der Waals surface area contributed by atoms with Gasteiger partial charge in [-0.05, 0) is 44.6 Å². The molecule has 2 unspecified atom stereocenters. The zero-order valence-corrected chi connectivity index (χ0v) is 19.4. The van der Waals surface area contributed by atoms with Crippen LogP contribution in [0.1, 0.15) is 32.7 Å². The van der Waals surface area contributed by atoms with Crippen LogP contribution in [0.25, 0.3) is 0 Å². The first-order valence-electron chi connectivity index (χ1n) is 11.5. The van der Waals surface area contributed by atoms with Gasteiger partial charge in [0.05, 0.1) is 13.2 Å². The lowest BCUT2D eigenvalue weighted by Crippen LogP contribution is -2.48. The number of methoxy groups -OCH3 is 1. The van der Waals surface area contributed by atoms with E-state index in [2.05, 4.69) is 25.3 Å². The van der Waals surface area contributed by atoms with E-state index in [4.69, 9.17) is 9.47 Å². The van der Waals surface area contributed by atoms with Gasteiger partial charge in [0.1, 0.15) is 17.4 Å². The topological polar surface area (TPSA) is 77.3 Å². The molecule has 8 nitrogen and oxygen atoms in total. The van der Waals surface area contributed by atoms with Gasteiger partial charge in [-0.1, -0.05) is 0 Å². The van der Waals surface area contributed by atoms with Crippen LogP contribution in [-0.2, 0) is 0 Å². The summed E-state index contributed by atoms with van der Waals surface area (Å²) in [5.41, 5.74) is 1.11. The van der Waals surface area contributed by atoms with Crippen LogP contribution in [0.3, 0.4) is 0 Å². The molecule has 1 aromatic carbocycles. The summed E-state index contributed by atoms with van der Waals surface area (Å²) in [6.07, 6.45) is 4.02. The monoisotopic (exact) mass is 470 g/mol. The van der Waals surface area contributed by atoms with Crippen LogP contribution in [0.5, 0.6) is 17.6 Å². The minimum absolute atomic E-state index is 0.0412. The van der Waals surface area contributed by atoms with Crippen molar-refractivity contribution in [3.63, 3.8) is 0 Å². The summed E-state index contributed by atoms with van der Waals surface area (Å²) in [5.74, 6) is 0.564. The first-order chi connectivity index (χ1) is 16.4. The molecule has 1 aliphatic carbocycles. The highest BCUT2D eigenvalue weighted by Crippen LogP contribution is 2.40. The summed E-state index contributed by atoms with van der Waals surface area (Å²) in [7, 11) is 1.62. The van der Waals surface area contributed by atoms with Crippen molar-refractivity contribution >= 4 is 11.6 Å². The Balaban J connectivity index is 1.32. The molecular formula is C24H28F2N6O2. The minimum Gasteiger partial charge on any atom is -0.481 e. The molecule has 5 rings (SSSR count). The maximum absolute atomic E-state index is 13.6. The summed E-state index contributed by atoms with van der Waals surface area (Å²) < 4.78 is 39.8. The molecule has 180 valence electrons. The molecule has 1 N–H and O–H groups in total. The summed E-state index contributed by atoms with van der Waals surface area (Å²) in [4.78, 5) is 11.1. The number of pyridine rings is 1. The second kappa shape index (κ2) is 9.08. The second-order valence-electron chi connectivity index (χ2n) is 9.19. The number of fused-ring (bicyclic) bond motifs is 2. The molecule has 1 saturated carbocycles. The van der Waals surface area contributed by atoms with Gasteiger partial charge in [-0.2, -0.15) is 4.98 Å². The number of nitrogens with zero attached hydrogens (tertiary/aromatic N) is 5. The SMILES string of the molecule is COc1cc(N2CC3CCC(C2)C3Nc2nc(Oc3cc(F)cc(F)c3)n(C(C)C)n2)ccn1. The Hall–Kier alpha value is -3.43. The summed E-state index contributed by atoms with van der Waals surface area (Å²) in [5, 5.41) is 8.11. The molecule has 3 aromatic rings. The molecule has 2 aromatic heterocycles. The lowest BCUT2D eigenvalue weighted by molar-refractivity contribution is 0.371. The summed E-state index contributed by atoms with van der Waals surface area (Å²) in [6.45, 7) is 5.72. The maximum atomic E-state index is 13.6. The van der Waals surface area contributed by atoms with Crippen molar-refractivity contribution in [3.05, 3.63) is 48.2 Å². The van der Waals surface area contributed by atoms with E-state index in [0.29, 0.717) is 23.7 Å². The van der Waals surface area contributed by atoms with Gasteiger partial charge in [0, 0.05) is 55.3 Å². The number of hydrogen-bond donors (Lipinski definition) is 1. The third kappa shape index (κ3) is 4.49. The van der Waals surface area contributed by atoms with Gasteiger partial charge in [0.25, 0.3) is 0 Å². The number of aromatic nitrogens is 4. The quantitative estimate of drug-likeness (QED) is 0.538. The highest BCUT2D eigenvalue weighted by Gasteiger charge is 2.42. The molecule has 10 heteroatoms. The summed E-state index contributed by atoms with van der Waals surface area (Å²) >= 11 is 0. The van der Waals surface area contributed by atoms with Crippen LogP contribution < -0.4 is 19.7 Å². The van der Waals surface area contributed by atoms with Gasteiger partial charge in [-0.3, -0.25) is 0 Å². The molecule has 0 radical (unpaired) electrons. The van der Waals surface area contributed by atoms with E-state index < -0.39 is 11.6 Å². The molecule has 1 saturated heterocycles. The maximum Gasteiger partial charge on any atom is 0.322 e. The molecule has 2 fully saturated rings. The smallest absolute Gasteiger partial charge is 0.322 e. The number of ether oxygens (including phenoxy) is 2. The van der Waals surface area contributed by atoms with E-state index in [0.717, 1.165) is 49.8 Å². The zero-order valence-electron chi connectivity index (χ0n) is 19.4. The third-order valence-electron chi connectivity index (χ3n) is 6.56. The fourth-order valence-electron chi connectivity index (χ4n) is 4.99. The standard InChI is InChI=1S/C24H28F2N6O2/c1-14(2)32-24(34-20-9-17(25)8-18(26)10-20)29-23(30-32)28-22-15-4-5-16(22)13-31(12-15)19-6-7-27-21(11-19)33-3/h6-11,14-16,22H,4-5,12-13H2,1-3H3,(H,28,30). The lowest BCUT2D eigenvalue weighted by Gasteiger charge is -2.39. The Morgan fingerprint density at radius 1 is 1.06 bits per heavy atom. The van der Waals surface area contributed by atoms with Gasteiger partial charge >= 0.3 is 6.01 Å². The Bertz CT molecular complexity index is 1140. The Kier molecular flexibility index (Phi) is 5.97. The van der Waals surface area contributed by atoms with Crippen LogP contribution in [0.2, 0.25) is 0 Å². The van der Waals surface area contributed by atoms with Gasteiger partial charge in [-0.25, -0.2) is 18.4 Å². The molecule has 2 atom stereocenters. The predicted molar refractivity (Wildman–Crippen MR) is 123 cm³/mol. The number of nitrogens with one attached hydrogen (secondary N) is 1. The van der Waals surface area contributed by atoms with Crippen molar-refractivity contribution in [1.82, 2.24) is 19.7 Å². The van der Waals surface area contributed by atoms with Crippen LogP contribution in [-0.4, -0.2) is 46.0 Å². The largest absolute Gasteiger partial charge is 0.481 e. The average Bonchev–Trinajstić information content (AvgIpc) is 3.29. The molecule has 0 spiro atoms. The zero-order chi connectivity index (χ0) is 23.8. The molecule has 2 aliphatic rings. The van der Waals surface area contributed by atoms with Crippen LogP contribution in [0.15, 0.2) is 36.5 Å². The molecule has 34 heavy (non-hydrogen) atoms. The molecule has 3 heterocycles. The molecule has 0 amide bonds. The molecule has 1 aliphatic heterocycles. The number of hydrogen-bond acceptors (Lipinski definition) is 7. The van der Waals surface area contributed by atoms with Crippen LogP contribution in [0.4, 0.5) is 20.4 Å². The van der Waals surface area contributed by atoms with E-state index in [-0.39, 0.29) is 23.8 Å². The first kappa shape index (κ1) is 22.4. The minimum atomic E-state index is -0.709. The van der Waals surface area contributed by atoms with Crippen molar-refractivity contribution in [2.45, 2.75) is 38.8 Å². The van der Waals surface area contributed by atoms with Gasteiger partial charge in [-0.15, -0.1) is 5.10 Å². The number of halogens is 2. The highest BCUT2D eigenvalue weighted by atomic mass is 19.1. The van der Waals surface area contributed by atoms with E-state index in [1.165, 1.54) is 0 Å². The van der Waals surface area contributed by atoms with E-state index in [1.54, 1.807) is 18.0 Å². The van der Waals surface area contributed by atoms with Crippen molar-refractivity contribution in [2.75, 3.05) is 30.4 Å². The summed E-state index contributed by atoms with van der Waals surface area (Å²) in [6, 6.07) is 7.42. The Labute approximate surface area is 196 Å². The normalized spacial score (nSPS) is 21.7. The number of anilines is 2. The average molecular weight is 471 g/mol. The van der Waals surface area contributed by atoms with Gasteiger partial charge in [0.2, 0.25) is 11.8 Å². The van der Waals surface area contributed by atoms with Crippen molar-refractivity contribution in [1.29, 1.82) is 0 Å². The number of rotatable bonds is 7.